The Morgan fingerprint density at radius 2 is 2.12 bits per heavy atom. The average molecular weight is 376 g/mol. The fraction of sp³-hybridized carbons (Fsp3) is 0.294. The van der Waals surface area contributed by atoms with E-state index >= 15 is 0 Å². The number of nitriles is 1. The maximum atomic E-state index is 12.7. The van der Waals surface area contributed by atoms with Crippen molar-refractivity contribution in [1.82, 2.24) is 9.97 Å². The zero-order valence-electron chi connectivity index (χ0n) is 14.0. The Hall–Kier alpha value is -2.30. The second kappa shape index (κ2) is 8.70. The lowest BCUT2D eigenvalue weighted by Gasteiger charge is -2.22. The zero-order chi connectivity index (χ0) is 18.4. The number of aromatic nitrogens is 2. The van der Waals surface area contributed by atoms with Gasteiger partial charge in [0, 0.05) is 29.0 Å². The summed E-state index contributed by atoms with van der Waals surface area (Å²) < 4.78 is 0. The molecule has 0 saturated carbocycles. The first-order valence-corrected chi connectivity index (χ1v) is 8.94. The molecule has 0 aliphatic heterocycles. The molecular weight excluding hydrogens is 358 g/mol. The van der Waals surface area contributed by atoms with Crippen molar-refractivity contribution in [3.05, 3.63) is 40.5 Å². The fourth-order valence-electron chi connectivity index (χ4n) is 2.19. The lowest BCUT2D eigenvalue weighted by Crippen LogP contribution is -2.33. The van der Waals surface area contributed by atoms with Crippen LogP contribution in [-0.4, -0.2) is 28.2 Å². The van der Waals surface area contributed by atoms with Gasteiger partial charge in [0.2, 0.25) is 5.91 Å². The summed E-state index contributed by atoms with van der Waals surface area (Å²) in [5, 5.41) is 9.95. The van der Waals surface area contributed by atoms with Gasteiger partial charge in [0.1, 0.15) is 5.82 Å². The van der Waals surface area contributed by atoms with Crippen molar-refractivity contribution in [1.29, 1.82) is 5.26 Å². The summed E-state index contributed by atoms with van der Waals surface area (Å²) in [7, 11) is 0. The van der Waals surface area contributed by atoms with Crippen LogP contribution in [0, 0.1) is 25.2 Å². The second-order valence-corrected chi connectivity index (χ2v) is 6.74. The van der Waals surface area contributed by atoms with Crippen LogP contribution in [-0.2, 0) is 4.79 Å². The number of rotatable bonds is 6. The third-order valence-corrected chi connectivity index (χ3v) is 4.64. The van der Waals surface area contributed by atoms with Gasteiger partial charge in [0.25, 0.3) is 0 Å². The number of aryl methyl sites for hydroxylation is 2. The molecule has 2 N–H and O–H groups in total. The van der Waals surface area contributed by atoms with Gasteiger partial charge in [-0.05, 0) is 37.6 Å². The Kier molecular flexibility index (Phi) is 6.62. The summed E-state index contributed by atoms with van der Waals surface area (Å²) in [6.07, 6.45) is 0.242. The van der Waals surface area contributed by atoms with E-state index in [4.69, 9.17) is 22.6 Å². The highest BCUT2D eigenvalue weighted by atomic mass is 35.5. The second-order valence-electron chi connectivity index (χ2n) is 5.39. The molecule has 25 heavy (non-hydrogen) atoms. The van der Waals surface area contributed by atoms with Crippen molar-refractivity contribution in [2.24, 2.45) is 0 Å². The van der Waals surface area contributed by atoms with E-state index in [1.165, 1.54) is 11.8 Å². The highest BCUT2D eigenvalue weighted by molar-refractivity contribution is 7.99. The van der Waals surface area contributed by atoms with Crippen molar-refractivity contribution in [2.45, 2.75) is 25.4 Å². The van der Waals surface area contributed by atoms with Gasteiger partial charge < -0.3 is 10.6 Å². The third-order valence-electron chi connectivity index (χ3n) is 3.38. The Labute approximate surface area is 156 Å². The molecule has 8 heteroatoms. The number of halogens is 1. The largest absolute Gasteiger partial charge is 0.384 e. The predicted molar refractivity (Wildman–Crippen MR) is 101 cm³/mol. The summed E-state index contributed by atoms with van der Waals surface area (Å²) in [5.74, 6) is 0.387. The van der Waals surface area contributed by atoms with Gasteiger partial charge in [-0.1, -0.05) is 23.4 Å². The number of hydrogen-bond acceptors (Lipinski definition) is 6. The number of anilines is 2. The summed E-state index contributed by atoms with van der Waals surface area (Å²) >= 11 is 7.27. The first-order chi connectivity index (χ1) is 11.9. The van der Waals surface area contributed by atoms with Gasteiger partial charge >= 0.3 is 0 Å². The molecule has 6 nitrogen and oxygen atoms in total. The fourth-order valence-corrected chi connectivity index (χ4v) is 3.09. The molecule has 2 aromatic rings. The molecule has 1 aromatic carbocycles. The Balaban J connectivity index is 2.15. The Morgan fingerprint density at radius 3 is 2.76 bits per heavy atom. The number of carbonyl (C=O) groups is 1. The van der Waals surface area contributed by atoms with E-state index in [2.05, 4.69) is 16.0 Å². The maximum absolute atomic E-state index is 12.7. The number of nitrogens with zero attached hydrogens (tertiary/aromatic N) is 4. The molecule has 0 atom stereocenters. The topological polar surface area (TPSA) is 95.9 Å². The molecule has 0 aliphatic rings. The smallest absolute Gasteiger partial charge is 0.237 e. The summed E-state index contributed by atoms with van der Waals surface area (Å²) in [6.45, 7) is 4.00. The Morgan fingerprint density at radius 1 is 1.36 bits per heavy atom. The van der Waals surface area contributed by atoms with Crippen LogP contribution in [0.25, 0.3) is 0 Å². The summed E-state index contributed by atoms with van der Waals surface area (Å²) in [6, 6.07) is 9.10. The number of hydrogen-bond donors (Lipinski definition) is 1. The lowest BCUT2D eigenvalue weighted by atomic mass is 10.2. The molecule has 1 amide bonds. The van der Waals surface area contributed by atoms with Crippen molar-refractivity contribution in [3.63, 3.8) is 0 Å². The SMILES string of the molecule is Cc1cc(N)nc(SCC(=O)N(CCC#N)c2ccc(Cl)c(C)c2)n1. The molecule has 1 heterocycles. The number of benzene rings is 1. The number of nitrogens with two attached hydrogens (primary N) is 1. The van der Waals surface area contributed by atoms with E-state index in [1.807, 2.05) is 19.9 Å². The number of nitrogen functional groups attached to an aromatic ring is 1. The van der Waals surface area contributed by atoms with Gasteiger partial charge in [-0.25, -0.2) is 9.97 Å². The van der Waals surface area contributed by atoms with Crippen LogP contribution >= 0.6 is 23.4 Å². The number of thioether (sulfide) groups is 1. The molecule has 0 bridgehead atoms. The monoisotopic (exact) mass is 375 g/mol. The summed E-state index contributed by atoms with van der Waals surface area (Å²) in [5.41, 5.74) is 8.04. The molecular formula is C17H18ClN5OS. The van der Waals surface area contributed by atoms with Crippen molar-refractivity contribution < 1.29 is 4.79 Å². The molecule has 0 fully saturated rings. The number of amides is 1. The zero-order valence-corrected chi connectivity index (χ0v) is 15.6. The predicted octanol–water partition coefficient (Wildman–Crippen LogP) is 3.37. The van der Waals surface area contributed by atoms with Crippen LogP contribution < -0.4 is 10.6 Å². The molecule has 0 radical (unpaired) electrons. The van der Waals surface area contributed by atoms with E-state index in [0.717, 1.165) is 11.3 Å². The van der Waals surface area contributed by atoms with Gasteiger partial charge in [-0.15, -0.1) is 0 Å². The molecule has 0 unspecified atom stereocenters. The first-order valence-electron chi connectivity index (χ1n) is 7.58. The van der Waals surface area contributed by atoms with Gasteiger partial charge in [0.15, 0.2) is 5.16 Å². The minimum atomic E-state index is -0.134. The van der Waals surface area contributed by atoms with E-state index in [1.54, 1.807) is 23.1 Å². The molecule has 0 saturated heterocycles. The van der Waals surface area contributed by atoms with E-state index in [0.29, 0.717) is 28.2 Å². The average Bonchev–Trinajstić information content (AvgIpc) is 2.55. The van der Waals surface area contributed by atoms with Gasteiger partial charge in [-0.2, -0.15) is 5.26 Å². The summed E-state index contributed by atoms with van der Waals surface area (Å²) in [4.78, 5) is 22.6. The van der Waals surface area contributed by atoms with Gasteiger partial charge in [-0.3, -0.25) is 4.79 Å². The van der Waals surface area contributed by atoms with Crippen molar-refractivity contribution in [2.75, 3.05) is 22.9 Å². The molecule has 0 spiro atoms. The normalized spacial score (nSPS) is 10.3. The van der Waals surface area contributed by atoms with Crippen molar-refractivity contribution >= 4 is 40.8 Å². The van der Waals surface area contributed by atoms with E-state index in [9.17, 15) is 4.79 Å². The quantitative estimate of drug-likeness (QED) is 0.614. The van der Waals surface area contributed by atoms with Crippen molar-refractivity contribution in [3.8, 4) is 6.07 Å². The maximum Gasteiger partial charge on any atom is 0.237 e. The lowest BCUT2D eigenvalue weighted by molar-refractivity contribution is -0.116. The third kappa shape index (κ3) is 5.34. The van der Waals surface area contributed by atoms with E-state index in [-0.39, 0.29) is 18.1 Å². The first kappa shape index (κ1) is 19.0. The highest BCUT2D eigenvalue weighted by Gasteiger charge is 2.17. The standard InChI is InChI=1S/C17H18ClN5OS/c1-11-8-13(4-5-14(11)18)23(7-3-6-19)16(24)10-25-17-21-12(2)9-15(20)22-17/h4-5,8-9H,3,7,10H2,1-2H3,(H2,20,21,22). The number of carbonyl (C=O) groups excluding carboxylic acids is 1. The van der Waals surface area contributed by atoms with Crippen LogP contribution in [0.4, 0.5) is 11.5 Å². The Bertz CT molecular complexity index is 801. The van der Waals surface area contributed by atoms with E-state index < -0.39 is 0 Å². The molecule has 1 aromatic heterocycles. The van der Waals surface area contributed by atoms with Crippen LogP contribution in [0.15, 0.2) is 29.4 Å². The van der Waals surface area contributed by atoms with Crippen LogP contribution in [0.1, 0.15) is 17.7 Å². The molecule has 2 rings (SSSR count). The van der Waals surface area contributed by atoms with Crippen LogP contribution in [0.5, 0.6) is 0 Å². The molecule has 130 valence electrons. The minimum Gasteiger partial charge on any atom is -0.384 e. The van der Waals surface area contributed by atoms with Gasteiger partial charge in [0.05, 0.1) is 18.2 Å². The van der Waals surface area contributed by atoms with Crippen LogP contribution in [0.2, 0.25) is 5.02 Å². The minimum absolute atomic E-state index is 0.134. The highest BCUT2D eigenvalue weighted by Crippen LogP contribution is 2.24. The van der Waals surface area contributed by atoms with Crippen LogP contribution in [0.3, 0.4) is 0 Å². The molecule has 0 aliphatic carbocycles.